The summed E-state index contributed by atoms with van der Waals surface area (Å²) >= 11 is 0. The molecule has 1 aliphatic carbocycles. The largest absolute Gasteiger partial charge is 0.399 e. The average Bonchev–Trinajstić information content (AvgIpc) is 2.80. The maximum Gasteiger partial charge on any atom is 0.194 e. The molecule has 0 radical (unpaired) electrons. The van der Waals surface area contributed by atoms with Crippen molar-refractivity contribution in [2.75, 3.05) is 16.4 Å². The third kappa shape index (κ3) is 3.13. The first kappa shape index (κ1) is 18.6. The van der Waals surface area contributed by atoms with Crippen LogP contribution in [0.25, 0.3) is 0 Å². The minimum atomic E-state index is -0.151. The molecule has 0 saturated heterocycles. The number of rotatable bonds is 3. The van der Waals surface area contributed by atoms with E-state index < -0.39 is 0 Å². The van der Waals surface area contributed by atoms with Gasteiger partial charge < -0.3 is 16.4 Å². The van der Waals surface area contributed by atoms with Crippen LogP contribution in [0.1, 0.15) is 31.8 Å². The van der Waals surface area contributed by atoms with E-state index in [4.69, 9.17) is 11.5 Å². The molecule has 0 bridgehead atoms. The highest BCUT2D eigenvalue weighted by atomic mass is 16.1. The number of benzene rings is 4. The minimum Gasteiger partial charge on any atom is -0.399 e. The first-order valence-electron chi connectivity index (χ1n) is 9.86. The molecule has 0 amide bonds. The zero-order valence-electron chi connectivity index (χ0n) is 16.6. The number of nitrogen functional groups attached to an aromatic ring is 2. The molecule has 5 heteroatoms. The van der Waals surface area contributed by atoms with Crippen molar-refractivity contribution in [1.82, 2.24) is 0 Å². The summed E-state index contributed by atoms with van der Waals surface area (Å²) in [5.41, 5.74) is 17.3. The molecule has 1 aliphatic rings. The van der Waals surface area contributed by atoms with Crippen molar-refractivity contribution in [1.29, 1.82) is 0 Å². The summed E-state index contributed by atoms with van der Waals surface area (Å²) in [7, 11) is 0. The SMILES string of the molecule is Nc1ccc(N(c2ccc(N)cc2)c2ccc3c(c2)C(=O)c2ccccc2C3=O)cc1. The summed E-state index contributed by atoms with van der Waals surface area (Å²) in [5.74, 6) is -0.287. The number of fused-ring (bicyclic) bond motifs is 2. The van der Waals surface area contributed by atoms with Crippen LogP contribution in [0.4, 0.5) is 28.4 Å². The highest BCUT2D eigenvalue weighted by Gasteiger charge is 2.30. The summed E-state index contributed by atoms with van der Waals surface area (Å²) in [6, 6.07) is 27.2. The van der Waals surface area contributed by atoms with Crippen LogP contribution in [0.15, 0.2) is 91.0 Å². The number of ketones is 2. The normalized spacial score (nSPS) is 12.3. The number of hydrogen-bond acceptors (Lipinski definition) is 5. The standard InChI is InChI=1S/C26H19N3O2/c27-16-5-9-18(10-6-16)29(19-11-7-17(28)8-12-19)20-13-14-23-24(15-20)26(31)22-4-2-1-3-21(22)25(23)30/h1-15H,27-28H2. The van der Waals surface area contributed by atoms with Crippen molar-refractivity contribution in [2.45, 2.75) is 0 Å². The Hall–Kier alpha value is -4.38. The van der Waals surface area contributed by atoms with Gasteiger partial charge in [-0.2, -0.15) is 0 Å². The fraction of sp³-hybridized carbons (Fsp3) is 0. The summed E-state index contributed by atoms with van der Waals surface area (Å²) < 4.78 is 0. The van der Waals surface area contributed by atoms with Gasteiger partial charge in [-0.15, -0.1) is 0 Å². The van der Waals surface area contributed by atoms with Crippen molar-refractivity contribution in [3.63, 3.8) is 0 Å². The monoisotopic (exact) mass is 405 g/mol. The van der Waals surface area contributed by atoms with Crippen LogP contribution < -0.4 is 16.4 Å². The van der Waals surface area contributed by atoms with Gasteiger partial charge in [-0.05, 0) is 66.7 Å². The second-order valence-electron chi connectivity index (χ2n) is 7.45. The second kappa shape index (κ2) is 7.15. The molecule has 0 aliphatic heterocycles. The number of hydrogen-bond donors (Lipinski definition) is 2. The molecular weight excluding hydrogens is 386 g/mol. The quantitative estimate of drug-likeness (QED) is 0.408. The van der Waals surface area contributed by atoms with Crippen LogP contribution in [0, 0.1) is 0 Å². The third-order valence-corrected chi connectivity index (χ3v) is 5.47. The molecule has 0 saturated carbocycles. The van der Waals surface area contributed by atoms with E-state index >= 15 is 0 Å². The molecule has 4 aromatic rings. The fourth-order valence-corrected chi connectivity index (χ4v) is 3.92. The molecule has 31 heavy (non-hydrogen) atoms. The van der Waals surface area contributed by atoms with Crippen LogP contribution in [0.2, 0.25) is 0 Å². The van der Waals surface area contributed by atoms with E-state index in [1.807, 2.05) is 59.5 Å². The van der Waals surface area contributed by atoms with Gasteiger partial charge in [-0.3, -0.25) is 9.59 Å². The van der Waals surface area contributed by atoms with Gasteiger partial charge in [-0.1, -0.05) is 24.3 Å². The van der Waals surface area contributed by atoms with Crippen molar-refractivity contribution < 1.29 is 9.59 Å². The summed E-state index contributed by atoms with van der Waals surface area (Å²) in [5, 5.41) is 0. The number of nitrogens with zero attached hydrogens (tertiary/aromatic N) is 1. The molecule has 4 aromatic carbocycles. The summed E-state index contributed by atoms with van der Waals surface area (Å²) in [6.07, 6.45) is 0. The van der Waals surface area contributed by atoms with Crippen LogP contribution >= 0.6 is 0 Å². The molecule has 0 atom stereocenters. The third-order valence-electron chi connectivity index (χ3n) is 5.47. The Morgan fingerprint density at radius 2 is 0.903 bits per heavy atom. The van der Waals surface area contributed by atoms with Gasteiger partial charge >= 0.3 is 0 Å². The van der Waals surface area contributed by atoms with Gasteiger partial charge in [-0.25, -0.2) is 0 Å². The predicted molar refractivity (Wildman–Crippen MR) is 123 cm³/mol. The van der Waals surface area contributed by atoms with Gasteiger partial charge in [0.05, 0.1) is 0 Å². The van der Waals surface area contributed by atoms with Crippen molar-refractivity contribution in [2.24, 2.45) is 0 Å². The molecule has 150 valence electrons. The van der Waals surface area contributed by atoms with Crippen molar-refractivity contribution in [3.05, 3.63) is 113 Å². The second-order valence-corrected chi connectivity index (χ2v) is 7.45. The van der Waals surface area contributed by atoms with E-state index in [2.05, 4.69) is 0 Å². The van der Waals surface area contributed by atoms with Crippen molar-refractivity contribution >= 4 is 40.0 Å². The minimum absolute atomic E-state index is 0.136. The van der Waals surface area contributed by atoms with E-state index in [9.17, 15) is 9.59 Å². The topological polar surface area (TPSA) is 89.4 Å². The lowest BCUT2D eigenvalue weighted by Crippen LogP contribution is -2.21. The van der Waals surface area contributed by atoms with E-state index in [0.717, 1.165) is 17.1 Å². The van der Waals surface area contributed by atoms with E-state index in [1.54, 1.807) is 36.4 Å². The van der Waals surface area contributed by atoms with E-state index in [0.29, 0.717) is 33.6 Å². The predicted octanol–water partition coefficient (Wildman–Crippen LogP) is 5.10. The smallest absolute Gasteiger partial charge is 0.194 e. The number of anilines is 5. The van der Waals surface area contributed by atoms with Crippen LogP contribution in [-0.4, -0.2) is 11.6 Å². The highest BCUT2D eigenvalue weighted by molar-refractivity contribution is 6.28. The summed E-state index contributed by atoms with van der Waals surface area (Å²) in [6.45, 7) is 0. The lowest BCUT2D eigenvalue weighted by Gasteiger charge is -2.27. The highest BCUT2D eigenvalue weighted by Crippen LogP contribution is 2.38. The molecule has 4 N–H and O–H groups in total. The van der Waals surface area contributed by atoms with Crippen LogP contribution in [-0.2, 0) is 0 Å². The first-order valence-corrected chi connectivity index (χ1v) is 9.86. The Morgan fingerprint density at radius 1 is 0.484 bits per heavy atom. The van der Waals surface area contributed by atoms with E-state index in [1.165, 1.54) is 0 Å². The lowest BCUT2D eigenvalue weighted by atomic mass is 9.84. The lowest BCUT2D eigenvalue weighted by molar-refractivity contribution is 0.0979. The fourth-order valence-electron chi connectivity index (χ4n) is 3.92. The molecule has 5 nitrogen and oxygen atoms in total. The first-order chi connectivity index (χ1) is 15.0. The van der Waals surface area contributed by atoms with Crippen LogP contribution in [0.5, 0.6) is 0 Å². The maximum atomic E-state index is 13.2. The molecule has 0 heterocycles. The molecular formula is C26H19N3O2. The van der Waals surface area contributed by atoms with Gasteiger partial charge in [0.25, 0.3) is 0 Å². The zero-order valence-corrected chi connectivity index (χ0v) is 16.6. The Balaban J connectivity index is 1.67. The zero-order chi connectivity index (χ0) is 21.5. The molecule has 0 spiro atoms. The Morgan fingerprint density at radius 3 is 1.42 bits per heavy atom. The van der Waals surface area contributed by atoms with Gasteiger partial charge in [0.2, 0.25) is 0 Å². The Kier molecular flexibility index (Phi) is 4.30. The van der Waals surface area contributed by atoms with Gasteiger partial charge in [0.15, 0.2) is 11.6 Å². The molecule has 5 rings (SSSR count). The number of nitrogens with two attached hydrogens (primary N) is 2. The molecule has 0 fully saturated rings. The molecule has 0 unspecified atom stereocenters. The van der Waals surface area contributed by atoms with Gasteiger partial charge in [0.1, 0.15) is 0 Å². The number of carbonyl (C=O) groups is 2. The van der Waals surface area contributed by atoms with Crippen LogP contribution in [0.3, 0.4) is 0 Å². The maximum absolute atomic E-state index is 13.2. The van der Waals surface area contributed by atoms with Crippen molar-refractivity contribution in [3.8, 4) is 0 Å². The summed E-state index contributed by atoms with van der Waals surface area (Å²) in [4.78, 5) is 28.1. The van der Waals surface area contributed by atoms with Gasteiger partial charge in [0, 0.05) is 50.7 Å². The average molecular weight is 405 g/mol. The molecule has 0 aromatic heterocycles. The van der Waals surface area contributed by atoms with E-state index in [-0.39, 0.29) is 11.6 Å². The Bertz CT molecular complexity index is 1280. The Labute approximate surface area is 179 Å². The number of carbonyl (C=O) groups excluding carboxylic acids is 2.